The van der Waals surface area contributed by atoms with E-state index < -0.39 is 0 Å². The Kier molecular flexibility index (Phi) is 4.93. The van der Waals surface area contributed by atoms with Crippen LogP contribution in [0, 0.1) is 4.77 Å². The normalized spacial score (nSPS) is 14.3. The first kappa shape index (κ1) is 17.0. The number of nitrogens with one attached hydrogen (secondary N) is 2. The summed E-state index contributed by atoms with van der Waals surface area (Å²) in [6.45, 7) is 2.03. The van der Waals surface area contributed by atoms with E-state index in [4.69, 9.17) is 33.3 Å². The van der Waals surface area contributed by atoms with Gasteiger partial charge in [0.2, 0.25) is 0 Å². The van der Waals surface area contributed by atoms with Gasteiger partial charge in [-0.3, -0.25) is 14.7 Å². The van der Waals surface area contributed by atoms with Gasteiger partial charge in [0.15, 0.2) is 16.3 Å². The second-order valence-corrected chi connectivity index (χ2v) is 6.39. The SMILES string of the molecule is COc1ccc(CN2CCc3c([nH]c(=S)[nH]c3=O)C2)c(Cl)c1OC. The van der Waals surface area contributed by atoms with Crippen LogP contribution in [-0.4, -0.2) is 35.6 Å². The molecule has 6 nitrogen and oxygen atoms in total. The zero-order chi connectivity index (χ0) is 17.3. The molecule has 0 spiro atoms. The zero-order valence-corrected chi connectivity index (χ0v) is 15.0. The molecule has 1 aromatic carbocycles. The van der Waals surface area contributed by atoms with Crippen LogP contribution in [-0.2, 0) is 19.5 Å². The number of H-pyrrole nitrogens is 2. The van der Waals surface area contributed by atoms with E-state index in [1.165, 1.54) is 0 Å². The highest BCUT2D eigenvalue weighted by molar-refractivity contribution is 7.71. The number of aromatic nitrogens is 2. The van der Waals surface area contributed by atoms with Gasteiger partial charge >= 0.3 is 0 Å². The van der Waals surface area contributed by atoms with Crippen LogP contribution in [0.1, 0.15) is 16.8 Å². The van der Waals surface area contributed by atoms with Gasteiger partial charge in [-0.1, -0.05) is 17.7 Å². The summed E-state index contributed by atoms with van der Waals surface area (Å²) in [5.74, 6) is 1.13. The Labute approximate surface area is 149 Å². The number of nitrogens with zero attached hydrogens (tertiary/aromatic N) is 1. The molecule has 0 saturated heterocycles. The van der Waals surface area contributed by atoms with E-state index in [2.05, 4.69) is 14.9 Å². The second-order valence-electron chi connectivity index (χ2n) is 5.60. The monoisotopic (exact) mass is 367 g/mol. The van der Waals surface area contributed by atoms with Crippen LogP contribution >= 0.6 is 23.8 Å². The first-order chi connectivity index (χ1) is 11.5. The topological polar surface area (TPSA) is 70.3 Å². The molecule has 0 atom stereocenters. The number of halogens is 1. The smallest absolute Gasteiger partial charge is 0.255 e. The van der Waals surface area contributed by atoms with Gasteiger partial charge in [-0.25, -0.2) is 0 Å². The Morgan fingerprint density at radius 1 is 1.29 bits per heavy atom. The number of rotatable bonds is 4. The van der Waals surface area contributed by atoms with Crippen molar-refractivity contribution in [1.82, 2.24) is 14.9 Å². The lowest BCUT2D eigenvalue weighted by Crippen LogP contribution is -2.34. The summed E-state index contributed by atoms with van der Waals surface area (Å²) in [7, 11) is 3.15. The molecule has 24 heavy (non-hydrogen) atoms. The minimum atomic E-state index is -0.0995. The van der Waals surface area contributed by atoms with Gasteiger partial charge in [0.1, 0.15) is 0 Å². The van der Waals surface area contributed by atoms with Crippen LogP contribution < -0.4 is 15.0 Å². The predicted molar refractivity (Wildman–Crippen MR) is 94.6 cm³/mol. The van der Waals surface area contributed by atoms with Gasteiger partial charge in [-0.05, 0) is 30.3 Å². The van der Waals surface area contributed by atoms with Crippen LogP contribution in [0.2, 0.25) is 5.02 Å². The van der Waals surface area contributed by atoms with Gasteiger partial charge in [0.05, 0.1) is 19.2 Å². The first-order valence-corrected chi connectivity index (χ1v) is 8.28. The largest absolute Gasteiger partial charge is 0.493 e. The summed E-state index contributed by atoms with van der Waals surface area (Å²) >= 11 is 11.5. The van der Waals surface area contributed by atoms with Crippen molar-refractivity contribution in [2.45, 2.75) is 19.5 Å². The summed E-state index contributed by atoms with van der Waals surface area (Å²) in [5.41, 5.74) is 2.49. The maximum Gasteiger partial charge on any atom is 0.255 e. The Balaban J connectivity index is 1.85. The molecule has 0 saturated carbocycles. The molecule has 1 aliphatic rings. The fourth-order valence-corrected chi connectivity index (χ4v) is 3.47. The van der Waals surface area contributed by atoms with Crippen LogP contribution in [0.5, 0.6) is 11.5 Å². The van der Waals surface area contributed by atoms with Crippen molar-refractivity contribution in [3.63, 3.8) is 0 Å². The van der Waals surface area contributed by atoms with Gasteiger partial charge in [0, 0.05) is 30.9 Å². The number of fused-ring (bicyclic) bond motifs is 1. The molecule has 3 rings (SSSR count). The minimum Gasteiger partial charge on any atom is -0.493 e. The maximum absolute atomic E-state index is 11.9. The van der Waals surface area contributed by atoms with Crippen LogP contribution in [0.4, 0.5) is 0 Å². The van der Waals surface area contributed by atoms with Crippen molar-refractivity contribution < 1.29 is 9.47 Å². The fourth-order valence-electron chi connectivity index (χ4n) is 2.96. The summed E-state index contributed by atoms with van der Waals surface area (Å²) < 4.78 is 11.0. The summed E-state index contributed by atoms with van der Waals surface area (Å²) in [5, 5.41) is 0.543. The Bertz CT molecular complexity index is 878. The second kappa shape index (κ2) is 6.96. The third kappa shape index (κ3) is 3.19. The van der Waals surface area contributed by atoms with Gasteiger partial charge in [-0.15, -0.1) is 0 Å². The van der Waals surface area contributed by atoms with Crippen LogP contribution in [0.15, 0.2) is 16.9 Å². The minimum absolute atomic E-state index is 0.0995. The van der Waals surface area contributed by atoms with E-state index in [1.54, 1.807) is 14.2 Å². The average molecular weight is 368 g/mol. The highest BCUT2D eigenvalue weighted by Crippen LogP contribution is 2.38. The number of hydrogen-bond acceptors (Lipinski definition) is 5. The van der Waals surface area contributed by atoms with Crippen molar-refractivity contribution in [2.24, 2.45) is 0 Å². The first-order valence-electron chi connectivity index (χ1n) is 7.49. The third-order valence-electron chi connectivity index (χ3n) is 4.15. The van der Waals surface area contributed by atoms with E-state index in [1.807, 2.05) is 12.1 Å². The molecule has 1 aliphatic heterocycles. The number of benzene rings is 1. The predicted octanol–water partition coefficient (Wildman–Crippen LogP) is 2.66. The van der Waals surface area contributed by atoms with Crippen molar-refractivity contribution in [2.75, 3.05) is 20.8 Å². The highest BCUT2D eigenvalue weighted by atomic mass is 35.5. The lowest BCUT2D eigenvalue weighted by Gasteiger charge is -2.28. The van der Waals surface area contributed by atoms with E-state index >= 15 is 0 Å². The number of aromatic amines is 2. The standard InChI is InChI=1S/C16H18ClN3O3S/c1-22-12-4-3-9(13(17)14(12)23-2)7-20-6-5-10-11(8-20)18-16(24)19-15(10)21/h3-4H,5-8H2,1-2H3,(H2,18,19,21,24). The van der Waals surface area contributed by atoms with E-state index in [0.717, 1.165) is 23.4 Å². The molecule has 2 heterocycles. The third-order valence-corrected chi connectivity index (χ3v) is 4.77. The maximum atomic E-state index is 11.9. The fraction of sp³-hybridized carbons (Fsp3) is 0.375. The molecule has 0 radical (unpaired) electrons. The van der Waals surface area contributed by atoms with Crippen molar-refractivity contribution in [3.05, 3.63) is 49.1 Å². The number of hydrogen-bond donors (Lipinski definition) is 2. The van der Waals surface area contributed by atoms with Crippen molar-refractivity contribution >= 4 is 23.8 Å². The van der Waals surface area contributed by atoms with Crippen molar-refractivity contribution in [1.29, 1.82) is 0 Å². The molecular formula is C16H18ClN3O3S. The van der Waals surface area contributed by atoms with Crippen molar-refractivity contribution in [3.8, 4) is 11.5 Å². The molecule has 2 N–H and O–H groups in total. The number of ether oxygens (including phenoxy) is 2. The quantitative estimate of drug-likeness (QED) is 0.813. The molecule has 0 fully saturated rings. The lowest BCUT2D eigenvalue weighted by molar-refractivity contribution is 0.240. The highest BCUT2D eigenvalue weighted by Gasteiger charge is 2.21. The molecular weight excluding hydrogens is 350 g/mol. The molecule has 0 amide bonds. The van der Waals surface area contributed by atoms with Gasteiger partial charge < -0.3 is 14.5 Å². The molecule has 128 valence electrons. The zero-order valence-electron chi connectivity index (χ0n) is 13.4. The average Bonchev–Trinajstić information content (AvgIpc) is 2.56. The Hall–Kier alpha value is -1.83. The van der Waals surface area contributed by atoms with Crippen LogP contribution in [0.3, 0.4) is 0 Å². The van der Waals surface area contributed by atoms with Gasteiger partial charge in [-0.2, -0.15) is 0 Å². The molecule has 0 unspecified atom stereocenters. The van der Waals surface area contributed by atoms with E-state index in [0.29, 0.717) is 40.8 Å². The lowest BCUT2D eigenvalue weighted by atomic mass is 10.1. The molecule has 0 bridgehead atoms. The van der Waals surface area contributed by atoms with Crippen LogP contribution in [0.25, 0.3) is 0 Å². The Morgan fingerprint density at radius 2 is 2.08 bits per heavy atom. The van der Waals surface area contributed by atoms with E-state index in [-0.39, 0.29) is 5.56 Å². The Morgan fingerprint density at radius 3 is 2.79 bits per heavy atom. The summed E-state index contributed by atoms with van der Waals surface area (Å²) in [4.78, 5) is 19.9. The molecule has 2 aromatic rings. The molecule has 0 aliphatic carbocycles. The molecule has 1 aromatic heterocycles. The molecule has 8 heteroatoms. The number of methoxy groups -OCH3 is 2. The summed E-state index contributed by atoms with van der Waals surface area (Å²) in [6, 6.07) is 3.77. The van der Waals surface area contributed by atoms with E-state index in [9.17, 15) is 4.79 Å². The summed E-state index contributed by atoms with van der Waals surface area (Å²) in [6.07, 6.45) is 0.668. The van der Waals surface area contributed by atoms with Gasteiger partial charge in [0.25, 0.3) is 5.56 Å².